The van der Waals surface area contributed by atoms with Crippen molar-refractivity contribution in [3.63, 3.8) is 0 Å². The molecule has 88 valence electrons. The van der Waals surface area contributed by atoms with Crippen LogP contribution in [0.25, 0.3) is 12.2 Å². The van der Waals surface area contributed by atoms with Crippen molar-refractivity contribution in [2.24, 2.45) is 0 Å². The molecule has 1 aromatic heterocycles. The molecule has 0 bridgehead atoms. The number of aryl methyl sites for hydroxylation is 3. The number of hydrogen-bond donors (Lipinski definition) is 1. The maximum absolute atomic E-state index is 9.70. The maximum atomic E-state index is 9.70. The molecule has 0 aliphatic rings. The number of rotatable bonds is 2. The van der Waals surface area contributed by atoms with Crippen molar-refractivity contribution in [3.8, 4) is 5.75 Å². The van der Waals surface area contributed by atoms with Gasteiger partial charge in [-0.15, -0.1) is 11.3 Å². The van der Waals surface area contributed by atoms with Gasteiger partial charge < -0.3 is 5.11 Å². The second kappa shape index (κ2) is 4.76. The molecule has 1 N–H and O–H groups in total. The number of phenols is 1. The zero-order valence-corrected chi connectivity index (χ0v) is 11.1. The summed E-state index contributed by atoms with van der Waals surface area (Å²) in [6.07, 6.45) is 4.20. The van der Waals surface area contributed by atoms with Gasteiger partial charge in [0.15, 0.2) is 0 Å². The van der Waals surface area contributed by atoms with E-state index in [0.29, 0.717) is 5.75 Å². The van der Waals surface area contributed by atoms with Crippen LogP contribution in [0, 0.1) is 20.8 Å². The summed E-state index contributed by atoms with van der Waals surface area (Å²) >= 11 is 1.78. The van der Waals surface area contributed by atoms with Gasteiger partial charge in [-0.3, -0.25) is 0 Å². The van der Waals surface area contributed by atoms with Crippen LogP contribution in [-0.2, 0) is 0 Å². The van der Waals surface area contributed by atoms with E-state index in [1.165, 1.54) is 9.75 Å². The molecule has 1 aromatic carbocycles. The molecule has 1 nitrogen and oxygen atoms in total. The van der Waals surface area contributed by atoms with Gasteiger partial charge in [-0.1, -0.05) is 6.08 Å². The Morgan fingerprint density at radius 3 is 2.18 bits per heavy atom. The average molecular weight is 244 g/mol. The molecular weight excluding hydrogens is 228 g/mol. The molecule has 0 saturated heterocycles. The molecule has 0 atom stereocenters. The molecule has 0 spiro atoms. The van der Waals surface area contributed by atoms with Crippen LogP contribution >= 0.6 is 11.3 Å². The Bertz CT molecular complexity index is 541. The molecule has 1 heterocycles. The van der Waals surface area contributed by atoms with Crippen LogP contribution in [0.15, 0.2) is 24.3 Å². The Labute approximate surface area is 106 Å². The van der Waals surface area contributed by atoms with Gasteiger partial charge in [-0.05, 0) is 67.8 Å². The summed E-state index contributed by atoms with van der Waals surface area (Å²) in [4.78, 5) is 2.58. The lowest BCUT2D eigenvalue weighted by Crippen LogP contribution is -1.82. The molecule has 2 rings (SSSR count). The topological polar surface area (TPSA) is 20.2 Å². The smallest absolute Gasteiger partial charge is 0.121 e. The third-order valence-electron chi connectivity index (χ3n) is 2.71. The van der Waals surface area contributed by atoms with Crippen LogP contribution in [0.1, 0.15) is 26.4 Å². The monoisotopic (exact) mass is 244 g/mol. The van der Waals surface area contributed by atoms with Gasteiger partial charge in [0, 0.05) is 9.75 Å². The van der Waals surface area contributed by atoms with Gasteiger partial charge in [0.2, 0.25) is 0 Å². The highest BCUT2D eigenvalue weighted by Gasteiger charge is 2.01. The third kappa shape index (κ3) is 2.77. The second-order valence-corrected chi connectivity index (χ2v) is 5.60. The van der Waals surface area contributed by atoms with Gasteiger partial charge in [0.05, 0.1) is 0 Å². The van der Waals surface area contributed by atoms with Crippen molar-refractivity contribution in [2.75, 3.05) is 0 Å². The first kappa shape index (κ1) is 11.9. The first-order valence-electron chi connectivity index (χ1n) is 5.61. The van der Waals surface area contributed by atoms with Gasteiger partial charge in [-0.25, -0.2) is 0 Å². The number of aromatic hydroxyl groups is 1. The largest absolute Gasteiger partial charge is 0.507 e. The lowest BCUT2D eigenvalue weighted by molar-refractivity contribution is 0.467. The average Bonchev–Trinajstić information content (AvgIpc) is 2.69. The van der Waals surface area contributed by atoms with Gasteiger partial charge in [0.25, 0.3) is 0 Å². The van der Waals surface area contributed by atoms with Crippen LogP contribution in [0.3, 0.4) is 0 Å². The minimum atomic E-state index is 0.397. The predicted molar refractivity (Wildman–Crippen MR) is 75.6 cm³/mol. The van der Waals surface area contributed by atoms with Gasteiger partial charge >= 0.3 is 0 Å². The molecule has 0 radical (unpaired) electrons. The summed E-state index contributed by atoms with van der Waals surface area (Å²) < 4.78 is 0. The number of phenolic OH excluding ortho intramolecular Hbond substituents is 1. The van der Waals surface area contributed by atoms with Crippen molar-refractivity contribution >= 4 is 23.5 Å². The molecule has 0 aliphatic carbocycles. The van der Waals surface area contributed by atoms with Crippen molar-refractivity contribution in [3.05, 3.63) is 50.7 Å². The van der Waals surface area contributed by atoms with E-state index < -0.39 is 0 Å². The highest BCUT2D eigenvalue weighted by atomic mass is 32.1. The molecule has 2 aromatic rings. The SMILES string of the molecule is Cc1ccc(/C=C/c2cc(C)c(O)c(C)c2)s1. The summed E-state index contributed by atoms with van der Waals surface area (Å²) in [7, 11) is 0. The fourth-order valence-corrected chi connectivity index (χ4v) is 2.59. The van der Waals surface area contributed by atoms with E-state index in [4.69, 9.17) is 0 Å². The van der Waals surface area contributed by atoms with Crippen molar-refractivity contribution in [1.29, 1.82) is 0 Å². The molecule has 17 heavy (non-hydrogen) atoms. The Morgan fingerprint density at radius 1 is 1.00 bits per heavy atom. The van der Waals surface area contributed by atoms with Crippen LogP contribution < -0.4 is 0 Å². The fraction of sp³-hybridized carbons (Fsp3) is 0.200. The zero-order valence-electron chi connectivity index (χ0n) is 10.3. The molecule has 2 heteroatoms. The van der Waals surface area contributed by atoms with Gasteiger partial charge in [-0.2, -0.15) is 0 Å². The summed E-state index contributed by atoms with van der Waals surface area (Å²) in [6, 6.07) is 8.24. The molecule has 0 saturated carbocycles. The quantitative estimate of drug-likeness (QED) is 0.821. The second-order valence-electron chi connectivity index (χ2n) is 4.29. The minimum Gasteiger partial charge on any atom is -0.507 e. The number of benzene rings is 1. The van der Waals surface area contributed by atoms with Crippen LogP contribution in [0.2, 0.25) is 0 Å². The fourth-order valence-electron chi connectivity index (χ4n) is 1.81. The molecule has 0 unspecified atom stereocenters. The Balaban J connectivity index is 2.27. The predicted octanol–water partition coefficient (Wildman–Crippen LogP) is 4.55. The number of thiophene rings is 1. The standard InChI is InChI=1S/C15H16OS/c1-10-8-13(9-11(2)15(10)16)5-7-14-6-4-12(3)17-14/h4-9,16H,1-3H3/b7-5+. The molecule has 0 aliphatic heterocycles. The highest BCUT2D eigenvalue weighted by Crippen LogP contribution is 2.24. The summed E-state index contributed by atoms with van der Waals surface area (Å²) in [5, 5.41) is 9.70. The number of hydrogen-bond acceptors (Lipinski definition) is 2. The molecule has 0 amide bonds. The van der Waals surface area contributed by atoms with Gasteiger partial charge in [0.1, 0.15) is 5.75 Å². The highest BCUT2D eigenvalue weighted by molar-refractivity contribution is 7.12. The summed E-state index contributed by atoms with van der Waals surface area (Å²) in [5.74, 6) is 0.397. The van der Waals surface area contributed by atoms with E-state index in [1.54, 1.807) is 11.3 Å². The van der Waals surface area contributed by atoms with Crippen molar-refractivity contribution in [1.82, 2.24) is 0 Å². The summed E-state index contributed by atoms with van der Waals surface area (Å²) in [6.45, 7) is 5.96. The lowest BCUT2D eigenvalue weighted by Gasteiger charge is -2.04. The van der Waals surface area contributed by atoms with Crippen LogP contribution in [-0.4, -0.2) is 5.11 Å². The zero-order chi connectivity index (χ0) is 12.4. The Kier molecular flexibility index (Phi) is 3.34. The van der Waals surface area contributed by atoms with Crippen LogP contribution in [0.4, 0.5) is 0 Å². The van der Waals surface area contributed by atoms with E-state index >= 15 is 0 Å². The van der Waals surface area contributed by atoms with Crippen LogP contribution in [0.5, 0.6) is 5.75 Å². The molecule has 0 fully saturated rings. The minimum absolute atomic E-state index is 0.397. The van der Waals surface area contributed by atoms with E-state index in [-0.39, 0.29) is 0 Å². The Hall–Kier alpha value is -1.54. The van der Waals surface area contributed by atoms with E-state index in [2.05, 4.69) is 31.2 Å². The first-order chi connectivity index (χ1) is 8.06. The van der Waals surface area contributed by atoms with E-state index in [0.717, 1.165) is 16.7 Å². The Morgan fingerprint density at radius 2 is 1.65 bits per heavy atom. The van der Waals surface area contributed by atoms with Crippen molar-refractivity contribution < 1.29 is 5.11 Å². The third-order valence-corrected chi connectivity index (χ3v) is 3.68. The normalized spacial score (nSPS) is 11.2. The van der Waals surface area contributed by atoms with Crippen molar-refractivity contribution in [2.45, 2.75) is 20.8 Å². The molecular formula is C15H16OS. The van der Waals surface area contributed by atoms with E-state index in [1.807, 2.05) is 26.0 Å². The lowest BCUT2D eigenvalue weighted by atomic mass is 10.1. The maximum Gasteiger partial charge on any atom is 0.121 e. The van der Waals surface area contributed by atoms with E-state index in [9.17, 15) is 5.11 Å². The first-order valence-corrected chi connectivity index (χ1v) is 6.42. The summed E-state index contributed by atoms with van der Waals surface area (Å²) in [5.41, 5.74) is 2.97.